The molecule has 15 heavy (non-hydrogen) atoms. The lowest BCUT2D eigenvalue weighted by Crippen LogP contribution is -2.09. The third-order valence-corrected chi connectivity index (χ3v) is 3.61. The molecule has 0 amide bonds. The van der Waals surface area contributed by atoms with E-state index in [1.54, 1.807) is 22.7 Å². The Hall–Kier alpha value is -0.935. The maximum absolute atomic E-state index is 5.32. The second-order valence-electron chi connectivity index (χ2n) is 3.22. The summed E-state index contributed by atoms with van der Waals surface area (Å²) < 4.78 is 10.6. The monoisotopic (exact) mass is 237 g/mol. The average molecular weight is 237 g/mol. The van der Waals surface area contributed by atoms with Crippen LogP contribution in [0.1, 0.15) is 11.1 Å². The fourth-order valence-electron chi connectivity index (χ4n) is 1.05. The van der Waals surface area contributed by atoms with Gasteiger partial charge in [-0.05, 0) is 47.9 Å². The van der Waals surface area contributed by atoms with Gasteiger partial charge in [0.25, 0.3) is 0 Å². The zero-order chi connectivity index (χ0) is 10.7. The second-order valence-corrected chi connectivity index (χ2v) is 4.97. The first-order valence-electron chi connectivity index (χ1n) is 4.49. The van der Waals surface area contributed by atoms with Crippen LogP contribution in [0.4, 0.5) is 0 Å². The first-order chi connectivity index (χ1) is 7.24. The van der Waals surface area contributed by atoms with E-state index in [2.05, 4.69) is 0 Å². The molecule has 77 valence electrons. The summed E-state index contributed by atoms with van der Waals surface area (Å²) in [5, 5.41) is 5.78. The Morgan fingerprint density at radius 1 is 0.933 bits per heavy atom. The minimum Gasteiger partial charge on any atom is -0.519 e. The van der Waals surface area contributed by atoms with Gasteiger partial charge in [0.05, 0.1) is 0 Å². The van der Waals surface area contributed by atoms with Gasteiger partial charge in [0.1, 0.15) is 0 Å². The smallest absolute Gasteiger partial charge is 0.519 e. The SMILES string of the molecule is Cc1csc(O[B]Oc2cc(C)cs2)c1. The Morgan fingerprint density at radius 2 is 1.40 bits per heavy atom. The van der Waals surface area contributed by atoms with Gasteiger partial charge in [-0.2, -0.15) is 0 Å². The first kappa shape index (κ1) is 10.6. The van der Waals surface area contributed by atoms with Gasteiger partial charge in [0, 0.05) is 0 Å². The molecule has 2 heterocycles. The van der Waals surface area contributed by atoms with E-state index >= 15 is 0 Å². The molecule has 0 aliphatic carbocycles. The van der Waals surface area contributed by atoms with Gasteiger partial charge in [0.15, 0.2) is 10.1 Å². The van der Waals surface area contributed by atoms with Gasteiger partial charge in [-0.3, -0.25) is 0 Å². The van der Waals surface area contributed by atoms with Crippen LogP contribution < -0.4 is 9.31 Å². The van der Waals surface area contributed by atoms with E-state index in [4.69, 9.17) is 9.31 Å². The highest BCUT2D eigenvalue weighted by atomic mass is 32.1. The third-order valence-electron chi connectivity index (χ3n) is 1.74. The molecule has 0 saturated heterocycles. The summed E-state index contributed by atoms with van der Waals surface area (Å²) in [5.41, 5.74) is 2.41. The molecule has 0 spiro atoms. The van der Waals surface area contributed by atoms with Crippen molar-refractivity contribution in [3.05, 3.63) is 34.0 Å². The van der Waals surface area contributed by atoms with E-state index in [1.165, 1.54) is 18.8 Å². The van der Waals surface area contributed by atoms with Crippen LogP contribution in [0.5, 0.6) is 10.1 Å². The van der Waals surface area contributed by atoms with Crippen LogP contribution >= 0.6 is 22.7 Å². The maximum atomic E-state index is 5.32. The van der Waals surface area contributed by atoms with Gasteiger partial charge < -0.3 is 9.31 Å². The van der Waals surface area contributed by atoms with Gasteiger partial charge in [0.2, 0.25) is 0 Å². The van der Waals surface area contributed by atoms with Crippen LogP contribution in [-0.4, -0.2) is 7.69 Å². The zero-order valence-electron chi connectivity index (χ0n) is 8.52. The molecule has 0 aromatic carbocycles. The Balaban J connectivity index is 1.80. The van der Waals surface area contributed by atoms with Crippen molar-refractivity contribution in [3.8, 4) is 10.1 Å². The third kappa shape index (κ3) is 3.01. The Kier molecular flexibility index (Phi) is 3.33. The summed E-state index contributed by atoms with van der Waals surface area (Å²) >= 11 is 3.12. The minimum absolute atomic E-state index is 0.848. The molecule has 0 atom stereocenters. The highest BCUT2D eigenvalue weighted by Crippen LogP contribution is 2.24. The second kappa shape index (κ2) is 4.72. The van der Waals surface area contributed by atoms with Crippen molar-refractivity contribution in [2.75, 3.05) is 0 Å². The lowest BCUT2D eigenvalue weighted by Gasteiger charge is -2.00. The summed E-state index contributed by atoms with van der Waals surface area (Å²) in [7, 11) is 1.37. The van der Waals surface area contributed by atoms with Crippen LogP contribution in [0.15, 0.2) is 22.9 Å². The Bertz CT molecular complexity index is 396. The Labute approximate surface area is 97.8 Å². The molecule has 2 aromatic rings. The topological polar surface area (TPSA) is 18.5 Å². The lowest BCUT2D eigenvalue weighted by molar-refractivity contribution is 0.473. The van der Waals surface area contributed by atoms with Crippen LogP contribution in [-0.2, 0) is 0 Å². The highest BCUT2D eigenvalue weighted by molar-refractivity contribution is 7.12. The van der Waals surface area contributed by atoms with Crippen molar-refractivity contribution in [1.82, 2.24) is 0 Å². The predicted molar refractivity (Wildman–Crippen MR) is 65.1 cm³/mol. The molecule has 0 aliphatic heterocycles. The summed E-state index contributed by atoms with van der Waals surface area (Å²) in [4.78, 5) is 0. The molecule has 5 heteroatoms. The van der Waals surface area contributed by atoms with Gasteiger partial charge in [-0.15, -0.1) is 22.7 Å². The molecule has 0 fully saturated rings. The predicted octanol–water partition coefficient (Wildman–Crippen LogP) is 3.42. The first-order valence-corrected chi connectivity index (χ1v) is 6.25. The number of thiophene rings is 2. The zero-order valence-corrected chi connectivity index (χ0v) is 10.2. The van der Waals surface area contributed by atoms with Crippen molar-refractivity contribution in [1.29, 1.82) is 0 Å². The van der Waals surface area contributed by atoms with E-state index in [9.17, 15) is 0 Å². The molecule has 2 nitrogen and oxygen atoms in total. The summed E-state index contributed by atoms with van der Waals surface area (Å²) in [6.45, 7) is 4.07. The van der Waals surface area contributed by atoms with Crippen molar-refractivity contribution < 1.29 is 9.31 Å². The molecular formula is C10H10BO2S2. The van der Waals surface area contributed by atoms with Gasteiger partial charge in [-0.25, -0.2) is 0 Å². The van der Waals surface area contributed by atoms with Crippen molar-refractivity contribution >= 4 is 30.4 Å². The van der Waals surface area contributed by atoms with E-state index in [0.717, 1.165) is 10.1 Å². The molecule has 1 radical (unpaired) electrons. The standard InChI is InChI=1S/C10H10BO2S2/c1-7-3-9(14-5-7)12-11-13-10-4-8(2)6-15-10/h3-6H,1-2H3. The largest absolute Gasteiger partial charge is 0.659 e. The molecule has 0 unspecified atom stereocenters. The van der Waals surface area contributed by atoms with Crippen molar-refractivity contribution in [2.24, 2.45) is 0 Å². The maximum Gasteiger partial charge on any atom is 0.659 e. The molecule has 0 bridgehead atoms. The number of hydrogen-bond acceptors (Lipinski definition) is 4. The van der Waals surface area contributed by atoms with Crippen LogP contribution in [0.3, 0.4) is 0 Å². The number of hydrogen-bond donors (Lipinski definition) is 0. The van der Waals surface area contributed by atoms with Crippen LogP contribution in [0, 0.1) is 13.8 Å². The van der Waals surface area contributed by atoms with E-state index in [1.807, 2.05) is 36.7 Å². The normalized spacial score (nSPS) is 10.0. The summed E-state index contributed by atoms with van der Waals surface area (Å²) in [6.07, 6.45) is 0. The van der Waals surface area contributed by atoms with Gasteiger partial charge in [-0.1, -0.05) is 0 Å². The quantitative estimate of drug-likeness (QED) is 0.758. The number of rotatable bonds is 4. The average Bonchev–Trinajstić information content (AvgIpc) is 2.76. The molecule has 2 aromatic heterocycles. The number of aryl methyl sites for hydroxylation is 2. The lowest BCUT2D eigenvalue weighted by atomic mass is 10.3. The van der Waals surface area contributed by atoms with Crippen LogP contribution in [0.2, 0.25) is 0 Å². The fourth-order valence-corrected chi connectivity index (χ4v) is 2.49. The van der Waals surface area contributed by atoms with E-state index in [-0.39, 0.29) is 0 Å². The minimum atomic E-state index is 0.848. The van der Waals surface area contributed by atoms with Crippen molar-refractivity contribution in [2.45, 2.75) is 13.8 Å². The molecule has 2 rings (SSSR count). The van der Waals surface area contributed by atoms with Crippen LogP contribution in [0.25, 0.3) is 0 Å². The molecule has 0 saturated carbocycles. The van der Waals surface area contributed by atoms with E-state index in [0.29, 0.717) is 0 Å². The molecule has 0 aliphatic rings. The van der Waals surface area contributed by atoms with E-state index < -0.39 is 0 Å². The fraction of sp³-hybridized carbons (Fsp3) is 0.200. The Morgan fingerprint density at radius 3 is 1.73 bits per heavy atom. The highest BCUT2D eigenvalue weighted by Gasteiger charge is 2.04. The van der Waals surface area contributed by atoms with Crippen molar-refractivity contribution in [3.63, 3.8) is 0 Å². The molecular weight excluding hydrogens is 227 g/mol. The summed E-state index contributed by atoms with van der Waals surface area (Å²) in [5.74, 6) is 0. The van der Waals surface area contributed by atoms with Gasteiger partial charge >= 0.3 is 7.69 Å². The molecule has 0 N–H and O–H groups in total. The summed E-state index contributed by atoms with van der Waals surface area (Å²) in [6, 6.07) is 3.95.